The van der Waals surface area contributed by atoms with Gasteiger partial charge in [0.05, 0.1) is 13.3 Å². The predicted molar refractivity (Wildman–Crippen MR) is 92.0 cm³/mol. The lowest BCUT2D eigenvalue weighted by atomic mass is 10.2. The Kier molecular flexibility index (Phi) is 6.33. The van der Waals surface area contributed by atoms with Crippen molar-refractivity contribution in [1.29, 1.82) is 0 Å². The minimum atomic E-state index is -0.844. The summed E-state index contributed by atoms with van der Waals surface area (Å²) in [6.45, 7) is 0.225. The number of hydrazone groups is 1. The molecule has 0 radical (unpaired) electrons. The van der Waals surface area contributed by atoms with Crippen molar-refractivity contribution in [3.63, 3.8) is 0 Å². The Morgan fingerprint density at radius 2 is 1.92 bits per heavy atom. The van der Waals surface area contributed by atoms with E-state index in [1.54, 1.807) is 55.6 Å². The largest absolute Gasteiger partial charge is 0.497 e. The van der Waals surface area contributed by atoms with Crippen LogP contribution in [0, 0.1) is 0 Å². The maximum absolute atomic E-state index is 11.7. The van der Waals surface area contributed by atoms with E-state index < -0.39 is 11.8 Å². The molecule has 0 unspecified atom stereocenters. The number of hydrogen-bond donors (Lipinski definition) is 2. The first-order valence-corrected chi connectivity index (χ1v) is 7.46. The van der Waals surface area contributed by atoms with Crippen molar-refractivity contribution in [1.82, 2.24) is 10.7 Å². The van der Waals surface area contributed by atoms with Crippen LogP contribution in [0.25, 0.3) is 0 Å². The number of ether oxygens (including phenoxy) is 1. The van der Waals surface area contributed by atoms with Crippen molar-refractivity contribution in [3.8, 4) is 5.75 Å². The highest BCUT2D eigenvalue weighted by Crippen LogP contribution is 2.10. The van der Waals surface area contributed by atoms with Crippen molar-refractivity contribution >= 4 is 29.6 Å². The van der Waals surface area contributed by atoms with Crippen LogP contribution in [0.15, 0.2) is 53.6 Å². The molecule has 0 aliphatic rings. The monoisotopic (exact) mass is 345 g/mol. The Balaban J connectivity index is 1.81. The van der Waals surface area contributed by atoms with Gasteiger partial charge in [-0.15, -0.1) is 0 Å². The first-order chi connectivity index (χ1) is 11.6. The fourth-order valence-corrected chi connectivity index (χ4v) is 1.93. The normalized spacial score (nSPS) is 10.4. The van der Waals surface area contributed by atoms with Gasteiger partial charge in [-0.25, -0.2) is 5.43 Å². The minimum Gasteiger partial charge on any atom is -0.497 e. The van der Waals surface area contributed by atoms with Crippen LogP contribution in [0.2, 0.25) is 5.02 Å². The van der Waals surface area contributed by atoms with Gasteiger partial charge in [-0.1, -0.05) is 35.9 Å². The van der Waals surface area contributed by atoms with Crippen LogP contribution in [0.5, 0.6) is 5.75 Å². The van der Waals surface area contributed by atoms with Gasteiger partial charge in [-0.05, 0) is 35.4 Å². The molecule has 0 aliphatic heterocycles. The second-order valence-electron chi connectivity index (χ2n) is 4.78. The molecule has 6 nitrogen and oxygen atoms in total. The van der Waals surface area contributed by atoms with Gasteiger partial charge in [-0.3, -0.25) is 9.59 Å². The lowest BCUT2D eigenvalue weighted by Gasteiger charge is -2.04. The summed E-state index contributed by atoms with van der Waals surface area (Å²) in [7, 11) is 1.56. The van der Waals surface area contributed by atoms with Gasteiger partial charge in [0.25, 0.3) is 0 Å². The van der Waals surface area contributed by atoms with Crippen LogP contribution in [-0.2, 0) is 16.1 Å². The summed E-state index contributed by atoms with van der Waals surface area (Å²) >= 11 is 5.78. The maximum Gasteiger partial charge on any atom is 0.329 e. The number of halogens is 1. The number of carbonyl (C=O) groups excluding carboxylic acids is 2. The third kappa shape index (κ3) is 5.40. The van der Waals surface area contributed by atoms with Crippen molar-refractivity contribution in [2.75, 3.05) is 7.11 Å². The van der Waals surface area contributed by atoms with Crippen molar-refractivity contribution in [2.24, 2.45) is 5.10 Å². The first-order valence-electron chi connectivity index (χ1n) is 7.08. The molecule has 0 fully saturated rings. The zero-order valence-electron chi connectivity index (χ0n) is 13.0. The van der Waals surface area contributed by atoms with E-state index in [2.05, 4.69) is 15.8 Å². The highest BCUT2D eigenvalue weighted by Gasteiger charge is 2.11. The third-order valence-corrected chi connectivity index (χ3v) is 3.30. The molecule has 2 amide bonds. The molecular weight excluding hydrogens is 330 g/mol. The second kappa shape index (κ2) is 8.69. The molecule has 2 aromatic carbocycles. The lowest BCUT2D eigenvalue weighted by Crippen LogP contribution is -2.37. The van der Waals surface area contributed by atoms with Crippen LogP contribution in [0.1, 0.15) is 11.1 Å². The number of benzene rings is 2. The quantitative estimate of drug-likeness (QED) is 0.495. The van der Waals surface area contributed by atoms with Gasteiger partial charge in [0.1, 0.15) is 5.75 Å². The summed E-state index contributed by atoms with van der Waals surface area (Å²) < 4.78 is 5.08. The van der Waals surface area contributed by atoms with Crippen molar-refractivity contribution in [3.05, 3.63) is 64.7 Å². The molecule has 2 aromatic rings. The van der Waals surface area contributed by atoms with E-state index in [4.69, 9.17) is 16.3 Å². The minimum absolute atomic E-state index is 0.225. The third-order valence-electron chi connectivity index (χ3n) is 3.05. The van der Waals surface area contributed by atoms with E-state index in [0.29, 0.717) is 10.8 Å². The number of nitrogens with zero attached hydrogens (tertiary/aromatic N) is 1. The summed E-state index contributed by atoms with van der Waals surface area (Å²) in [6.07, 6.45) is 1.42. The summed E-state index contributed by atoms with van der Waals surface area (Å²) in [4.78, 5) is 23.3. The maximum atomic E-state index is 11.7. The first kappa shape index (κ1) is 17.5. The van der Waals surface area contributed by atoms with Gasteiger partial charge in [0.2, 0.25) is 0 Å². The number of amides is 2. The summed E-state index contributed by atoms with van der Waals surface area (Å²) in [6, 6.07) is 14.1. The fraction of sp³-hybridized carbons (Fsp3) is 0.118. The summed E-state index contributed by atoms with van der Waals surface area (Å²) in [5, 5.41) is 6.85. The number of rotatable bonds is 5. The highest BCUT2D eigenvalue weighted by molar-refractivity contribution is 6.35. The van der Waals surface area contributed by atoms with E-state index in [-0.39, 0.29) is 6.54 Å². The second-order valence-corrected chi connectivity index (χ2v) is 5.22. The van der Waals surface area contributed by atoms with Gasteiger partial charge in [0, 0.05) is 11.6 Å². The molecule has 7 heteroatoms. The van der Waals surface area contributed by atoms with Crippen LogP contribution in [0.4, 0.5) is 0 Å². The lowest BCUT2D eigenvalue weighted by molar-refractivity contribution is -0.139. The number of carbonyl (C=O) groups is 2. The van der Waals surface area contributed by atoms with E-state index in [1.807, 2.05) is 0 Å². The molecule has 0 spiro atoms. The molecule has 0 heterocycles. The van der Waals surface area contributed by atoms with E-state index >= 15 is 0 Å². The summed E-state index contributed by atoms with van der Waals surface area (Å²) in [5.41, 5.74) is 3.74. The zero-order valence-corrected chi connectivity index (χ0v) is 13.7. The molecular formula is C17H16ClN3O3. The predicted octanol–water partition coefficient (Wildman–Crippen LogP) is 2.12. The molecule has 24 heavy (non-hydrogen) atoms. The van der Waals surface area contributed by atoms with E-state index in [0.717, 1.165) is 11.1 Å². The van der Waals surface area contributed by atoms with Gasteiger partial charge >= 0.3 is 11.8 Å². The van der Waals surface area contributed by atoms with Gasteiger partial charge in [-0.2, -0.15) is 5.10 Å². The highest BCUT2D eigenvalue weighted by atomic mass is 35.5. The smallest absolute Gasteiger partial charge is 0.329 e. The Morgan fingerprint density at radius 1 is 1.17 bits per heavy atom. The standard InChI is InChI=1S/C17H16ClN3O3/c1-24-15-4-2-3-13(9-15)11-20-21-17(23)16(22)19-10-12-5-7-14(18)8-6-12/h2-9,11H,10H2,1H3,(H,19,22)(H,21,23). The average Bonchev–Trinajstić information content (AvgIpc) is 2.61. The van der Waals surface area contributed by atoms with Crippen LogP contribution in [0.3, 0.4) is 0 Å². The Hall–Kier alpha value is -2.86. The molecule has 0 bridgehead atoms. The molecule has 0 aliphatic carbocycles. The van der Waals surface area contributed by atoms with Crippen LogP contribution in [-0.4, -0.2) is 25.1 Å². The number of hydrogen-bond acceptors (Lipinski definition) is 4. The van der Waals surface area contributed by atoms with Crippen LogP contribution < -0.4 is 15.5 Å². The average molecular weight is 346 g/mol. The number of methoxy groups -OCH3 is 1. The van der Waals surface area contributed by atoms with Gasteiger partial charge < -0.3 is 10.1 Å². The SMILES string of the molecule is COc1cccc(C=NNC(=O)C(=O)NCc2ccc(Cl)cc2)c1. The Labute approximate surface area is 144 Å². The van der Waals surface area contributed by atoms with Crippen molar-refractivity contribution < 1.29 is 14.3 Å². The van der Waals surface area contributed by atoms with E-state index in [1.165, 1.54) is 6.21 Å². The Bertz CT molecular complexity index is 745. The zero-order chi connectivity index (χ0) is 17.4. The van der Waals surface area contributed by atoms with Gasteiger partial charge in [0.15, 0.2) is 0 Å². The van der Waals surface area contributed by atoms with Crippen LogP contribution >= 0.6 is 11.6 Å². The molecule has 2 N–H and O–H groups in total. The molecule has 0 aromatic heterocycles. The summed E-state index contributed by atoms with van der Waals surface area (Å²) in [5.74, 6) is -0.943. The molecule has 2 rings (SSSR count). The topological polar surface area (TPSA) is 79.8 Å². The molecule has 124 valence electrons. The van der Waals surface area contributed by atoms with Crippen molar-refractivity contribution in [2.45, 2.75) is 6.54 Å². The molecule has 0 atom stereocenters. The fourth-order valence-electron chi connectivity index (χ4n) is 1.80. The molecule has 0 saturated carbocycles. The van der Waals surface area contributed by atoms with E-state index in [9.17, 15) is 9.59 Å². The Morgan fingerprint density at radius 3 is 2.62 bits per heavy atom. The number of nitrogens with one attached hydrogen (secondary N) is 2. The molecule has 0 saturated heterocycles.